The molecule has 0 spiro atoms. The Labute approximate surface area is 114 Å². The fourth-order valence-corrected chi connectivity index (χ4v) is 2.34. The summed E-state index contributed by atoms with van der Waals surface area (Å²) < 4.78 is 1.58. The number of halogens is 1. The maximum absolute atomic E-state index is 11.2. The van der Waals surface area contributed by atoms with Crippen molar-refractivity contribution >= 4 is 28.3 Å². The third kappa shape index (κ3) is 2.09. The van der Waals surface area contributed by atoms with Gasteiger partial charge >= 0.3 is 5.97 Å². The summed E-state index contributed by atoms with van der Waals surface area (Å²) in [6, 6.07) is 15.2. The molecule has 0 saturated heterocycles. The summed E-state index contributed by atoms with van der Waals surface area (Å²) in [7, 11) is 0. The lowest BCUT2D eigenvalue weighted by Gasteiger charge is -2.07. The van der Waals surface area contributed by atoms with Gasteiger partial charge in [-0.1, -0.05) is 41.9 Å². The maximum atomic E-state index is 11.2. The van der Waals surface area contributed by atoms with Crippen LogP contribution in [0, 0.1) is 0 Å². The van der Waals surface area contributed by atoms with E-state index < -0.39 is 5.97 Å². The highest BCUT2D eigenvalue weighted by Gasteiger charge is 2.13. The number of nitrogens with zero attached hydrogens (tertiary/aromatic N) is 1. The van der Waals surface area contributed by atoms with Crippen LogP contribution in [0.15, 0.2) is 54.7 Å². The van der Waals surface area contributed by atoms with Crippen LogP contribution in [-0.2, 0) is 0 Å². The van der Waals surface area contributed by atoms with Crippen molar-refractivity contribution in [2.24, 2.45) is 0 Å². The van der Waals surface area contributed by atoms with Crippen molar-refractivity contribution in [1.82, 2.24) is 4.57 Å². The standard InChI is InChI=1S/C15H10ClNO2/c16-12-8-14(15(18)19)17(9-12)13-6-5-10-3-1-2-4-11(10)7-13/h1-9H,(H,18,19). The van der Waals surface area contributed by atoms with Crippen LogP contribution in [0.2, 0.25) is 5.02 Å². The number of rotatable bonds is 2. The molecule has 0 atom stereocenters. The Hall–Kier alpha value is -2.26. The van der Waals surface area contributed by atoms with E-state index in [0.29, 0.717) is 5.02 Å². The Bertz CT molecular complexity index is 777. The highest BCUT2D eigenvalue weighted by Crippen LogP contribution is 2.23. The van der Waals surface area contributed by atoms with E-state index in [9.17, 15) is 9.90 Å². The van der Waals surface area contributed by atoms with Gasteiger partial charge in [0.1, 0.15) is 5.69 Å². The van der Waals surface area contributed by atoms with Crippen LogP contribution < -0.4 is 0 Å². The van der Waals surface area contributed by atoms with Gasteiger partial charge in [-0.15, -0.1) is 0 Å². The lowest BCUT2D eigenvalue weighted by atomic mass is 10.1. The monoisotopic (exact) mass is 271 g/mol. The highest BCUT2D eigenvalue weighted by atomic mass is 35.5. The van der Waals surface area contributed by atoms with Crippen LogP contribution in [0.4, 0.5) is 0 Å². The molecule has 3 nitrogen and oxygen atoms in total. The Balaban J connectivity index is 2.21. The topological polar surface area (TPSA) is 42.2 Å². The number of carboxylic acids is 1. The summed E-state index contributed by atoms with van der Waals surface area (Å²) in [5.41, 5.74) is 0.934. The predicted molar refractivity (Wildman–Crippen MR) is 75.2 cm³/mol. The maximum Gasteiger partial charge on any atom is 0.352 e. The van der Waals surface area contributed by atoms with Crippen LogP contribution in [0.3, 0.4) is 0 Å². The summed E-state index contributed by atoms with van der Waals surface area (Å²) in [5.74, 6) is -1.000. The second kappa shape index (κ2) is 4.44. The minimum absolute atomic E-state index is 0.153. The summed E-state index contributed by atoms with van der Waals surface area (Å²) in [5, 5.41) is 11.8. The highest BCUT2D eigenvalue weighted by molar-refractivity contribution is 6.31. The van der Waals surface area contributed by atoms with Crippen molar-refractivity contribution in [2.75, 3.05) is 0 Å². The smallest absolute Gasteiger partial charge is 0.352 e. The molecule has 0 radical (unpaired) electrons. The molecular weight excluding hydrogens is 262 g/mol. The Kier molecular flexibility index (Phi) is 2.76. The number of fused-ring (bicyclic) bond motifs is 1. The lowest BCUT2D eigenvalue weighted by Crippen LogP contribution is -2.05. The van der Waals surface area contributed by atoms with E-state index in [1.807, 2.05) is 42.5 Å². The molecule has 3 aromatic rings. The lowest BCUT2D eigenvalue weighted by molar-refractivity contribution is 0.0688. The van der Waals surface area contributed by atoms with Crippen LogP contribution in [0.5, 0.6) is 0 Å². The van der Waals surface area contributed by atoms with Crippen molar-refractivity contribution in [2.45, 2.75) is 0 Å². The van der Waals surface area contributed by atoms with Crippen molar-refractivity contribution in [3.63, 3.8) is 0 Å². The summed E-state index contributed by atoms with van der Waals surface area (Å²) in [4.78, 5) is 11.2. The fraction of sp³-hybridized carbons (Fsp3) is 0. The fourth-order valence-electron chi connectivity index (χ4n) is 2.14. The number of aromatic carboxylic acids is 1. The minimum atomic E-state index is -1.000. The van der Waals surface area contributed by atoms with Gasteiger partial charge in [-0.2, -0.15) is 0 Å². The molecule has 0 bridgehead atoms. The van der Waals surface area contributed by atoms with Gasteiger partial charge in [0.25, 0.3) is 0 Å². The first-order valence-corrected chi connectivity index (χ1v) is 6.13. The van der Waals surface area contributed by atoms with E-state index >= 15 is 0 Å². The molecular formula is C15H10ClNO2. The normalized spacial score (nSPS) is 10.8. The first-order valence-electron chi connectivity index (χ1n) is 5.75. The quantitative estimate of drug-likeness (QED) is 0.766. The zero-order valence-corrected chi connectivity index (χ0v) is 10.6. The van der Waals surface area contributed by atoms with E-state index in [1.54, 1.807) is 10.8 Å². The number of carbonyl (C=O) groups is 1. The summed E-state index contributed by atoms with van der Waals surface area (Å²) in [6.45, 7) is 0. The first-order chi connectivity index (χ1) is 9.15. The Morgan fingerprint density at radius 1 is 1.05 bits per heavy atom. The van der Waals surface area contributed by atoms with Gasteiger partial charge in [-0.25, -0.2) is 4.79 Å². The number of aromatic nitrogens is 1. The molecule has 94 valence electrons. The molecule has 1 aromatic heterocycles. The molecule has 0 aliphatic heterocycles. The van der Waals surface area contributed by atoms with Crippen molar-refractivity contribution in [3.8, 4) is 5.69 Å². The van der Waals surface area contributed by atoms with Gasteiger partial charge in [0.15, 0.2) is 0 Å². The van der Waals surface area contributed by atoms with Gasteiger partial charge in [0.2, 0.25) is 0 Å². The van der Waals surface area contributed by atoms with Crippen molar-refractivity contribution in [1.29, 1.82) is 0 Å². The SMILES string of the molecule is O=C(O)c1cc(Cl)cn1-c1ccc2ccccc2c1. The van der Waals surface area contributed by atoms with E-state index in [1.165, 1.54) is 6.07 Å². The summed E-state index contributed by atoms with van der Waals surface area (Å²) >= 11 is 5.89. The second-order valence-electron chi connectivity index (χ2n) is 4.25. The molecule has 0 fully saturated rings. The van der Waals surface area contributed by atoms with Gasteiger partial charge in [-0.05, 0) is 29.0 Å². The van der Waals surface area contributed by atoms with Crippen LogP contribution in [-0.4, -0.2) is 15.6 Å². The van der Waals surface area contributed by atoms with Gasteiger partial charge < -0.3 is 9.67 Å². The van der Waals surface area contributed by atoms with E-state index in [-0.39, 0.29) is 5.69 Å². The molecule has 2 aromatic carbocycles. The number of benzene rings is 2. The van der Waals surface area contributed by atoms with Crippen molar-refractivity contribution in [3.05, 3.63) is 65.4 Å². The minimum Gasteiger partial charge on any atom is -0.477 e. The average Bonchev–Trinajstić information content (AvgIpc) is 2.80. The molecule has 0 amide bonds. The predicted octanol–water partition coefficient (Wildman–Crippen LogP) is 3.98. The van der Waals surface area contributed by atoms with E-state index in [2.05, 4.69) is 0 Å². The summed E-state index contributed by atoms with van der Waals surface area (Å²) in [6.07, 6.45) is 1.61. The van der Waals surface area contributed by atoms with Gasteiger partial charge in [-0.3, -0.25) is 0 Å². The van der Waals surface area contributed by atoms with Crippen LogP contribution in [0.25, 0.3) is 16.5 Å². The molecule has 4 heteroatoms. The molecule has 0 unspecified atom stereocenters. The van der Waals surface area contributed by atoms with Crippen LogP contribution >= 0.6 is 11.6 Å². The number of hydrogen-bond acceptors (Lipinski definition) is 1. The third-order valence-electron chi connectivity index (χ3n) is 3.02. The first kappa shape index (κ1) is 11.8. The number of hydrogen-bond donors (Lipinski definition) is 1. The number of carboxylic acid groups (broad SMARTS) is 1. The third-order valence-corrected chi connectivity index (χ3v) is 3.22. The average molecular weight is 272 g/mol. The molecule has 19 heavy (non-hydrogen) atoms. The second-order valence-corrected chi connectivity index (χ2v) is 4.69. The molecule has 1 N–H and O–H groups in total. The molecule has 0 saturated carbocycles. The van der Waals surface area contributed by atoms with E-state index in [4.69, 9.17) is 11.6 Å². The van der Waals surface area contributed by atoms with Crippen LogP contribution in [0.1, 0.15) is 10.5 Å². The Morgan fingerprint density at radius 3 is 2.53 bits per heavy atom. The van der Waals surface area contributed by atoms with Gasteiger partial charge in [0.05, 0.1) is 5.02 Å². The largest absolute Gasteiger partial charge is 0.477 e. The zero-order chi connectivity index (χ0) is 13.4. The van der Waals surface area contributed by atoms with Gasteiger partial charge in [0, 0.05) is 11.9 Å². The molecule has 3 rings (SSSR count). The molecule has 0 aliphatic carbocycles. The van der Waals surface area contributed by atoms with Crippen molar-refractivity contribution < 1.29 is 9.90 Å². The molecule has 0 aliphatic rings. The molecule has 1 heterocycles. The Morgan fingerprint density at radius 2 is 1.79 bits per heavy atom. The van der Waals surface area contributed by atoms with E-state index in [0.717, 1.165) is 16.5 Å². The zero-order valence-electron chi connectivity index (χ0n) is 9.88.